The van der Waals surface area contributed by atoms with Crippen molar-refractivity contribution in [3.8, 4) is 0 Å². The molecule has 1 N–H and O–H groups in total. The third kappa shape index (κ3) is 5.57. The molecule has 0 aromatic heterocycles. The maximum atomic E-state index is 12.1. The standard InChI is InChI=1S/C15H16ClNO5/c1-21-13(18)5-3-4-12(15(20)22-2)17-14(19)10-6-8-11(16)9-7-10/h3,5-9,12H,4H2,1-2H3,(H,17,19)/b5-3+/t12-/m0/s1. The number of carbonyl (C=O) groups is 3. The van der Waals surface area contributed by atoms with Crippen LogP contribution in [0.5, 0.6) is 0 Å². The van der Waals surface area contributed by atoms with E-state index < -0.39 is 23.9 Å². The second-order valence-electron chi connectivity index (χ2n) is 4.22. The van der Waals surface area contributed by atoms with E-state index in [9.17, 15) is 14.4 Å². The highest BCUT2D eigenvalue weighted by atomic mass is 35.5. The van der Waals surface area contributed by atoms with E-state index in [1.54, 1.807) is 12.1 Å². The molecule has 1 atom stereocenters. The van der Waals surface area contributed by atoms with Gasteiger partial charge in [0.15, 0.2) is 0 Å². The topological polar surface area (TPSA) is 81.7 Å². The second-order valence-corrected chi connectivity index (χ2v) is 4.65. The van der Waals surface area contributed by atoms with Crippen LogP contribution in [-0.4, -0.2) is 38.1 Å². The summed E-state index contributed by atoms with van der Waals surface area (Å²) in [7, 11) is 2.46. The molecule has 6 nitrogen and oxygen atoms in total. The van der Waals surface area contributed by atoms with Gasteiger partial charge in [-0.3, -0.25) is 4.79 Å². The Morgan fingerprint density at radius 2 is 1.82 bits per heavy atom. The van der Waals surface area contributed by atoms with Crippen LogP contribution in [0.25, 0.3) is 0 Å². The van der Waals surface area contributed by atoms with E-state index in [0.29, 0.717) is 10.6 Å². The predicted octanol–water partition coefficient (Wildman–Crippen LogP) is 1.73. The van der Waals surface area contributed by atoms with Crippen molar-refractivity contribution in [2.45, 2.75) is 12.5 Å². The molecule has 1 amide bonds. The predicted molar refractivity (Wildman–Crippen MR) is 80.5 cm³/mol. The lowest BCUT2D eigenvalue weighted by molar-refractivity contribution is -0.143. The first kappa shape index (κ1) is 17.7. The lowest BCUT2D eigenvalue weighted by atomic mass is 10.1. The van der Waals surface area contributed by atoms with Gasteiger partial charge in [-0.05, 0) is 30.7 Å². The first-order valence-electron chi connectivity index (χ1n) is 6.36. The number of methoxy groups -OCH3 is 2. The molecule has 1 aromatic carbocycles. The minimum absolute atomic E-state index is 0.0983. The fraction of sp³-hybridized carbons (Fsp3) is 0.267. The summed E-state index contributed by atoms with van der Waals surface area (Å²) in [4.78, 5) is 34.7. The summed E-state index contributed by atoms with van der Waals surface area (Å²) in [5.41, 5.74) is 0.357. The van der Waals surface area contributed by atoms with Crippen molar-refractivity contribution in [2.75, 3.05) is 14.2 Å². The molecule has 0 saturated carbocycles. The first-order valence-corrected chi connectivity index (χ1v) is 6.74. The van der Waals surface area contributed by atoms with Gasteiger partial charge in [0.1, 0.15) is 6.04 Å². The Bertz CT molecular complexity index is 568. The van der Waals surface area contributed by atoms with E-state index in [1.807, 2.05) is 0 Å². The van der Waals surface area contributed by atoms with Crippen molar-refractivity contribution >= 4 is 29.4 Å². The third-order valence-corrected chi connectivity index (χ3v) is 2.98. The van der Waals surface area contributed by atoms with E-state index in [-0.39, 0.29) is 6.42 Å². The molecule has 0 aliphatic heterocycles. The number of amides is 1. The number of esters is 2. The van der Waals surface area contributed by atoms with Crippen molar-refractivity contribution in [1.29, 1.82) is 0 Å². The molecule has 0 fully saturated rings. The number of ether oxygens (including phenoxy) is 2. The molecule has 0 aliphatic rings. The summed E-state index contributed by atoms with van der Waals surface area (Å²) in [6.45, 7) is 0. The minimum atomic E-state index is -0.908. The number of carbonyl (C=O) groups excluding carboxylic acids is 3. The summed E-state index contributed by atoms with van der Waals surface area (Å²) in [5, 5.41) is 3.04. The van der Waals surface area contributed by atoms with Gasteiger partial charge in [0.05, 0.1) is 14.2 Å². The highest BCUT2D eigenvalue weighted by Crippen LogP contribution is 2.10. The molecule has 0 unspecified atom stereocenters. The van der Waals surface area contributed by atoms with Crippen molar-refractivity contribution in [2.24, 2.45) is 0 Å². The van der Waals surface area contributed by atoms with Crippen molar-refractivity contribution < 1.29 is 23.9 Å². The van der Waals surface area contributed by atoms with Crippen LogP contribution in [0.4, 0.5) is 0 Å². The molecule has 7 heteroatoms. The average molecular weight is 326 g/mol. The van der Waals surface area contributed by atoms with Crippen LogP contribution < -0.4 is 5.32 Å². The lowest BCUT2D eigenvalue weighted by Crippen LogP contribution is -2.41. The SMILES string of the molecule is COC(=O)/C=C/C[C@H](NC(=O)c1ccc(Cl)cc1)C(=O)OC. The summed E-state index contributed by atoms with van der Waals surface area (Å²) in [5.74, 6) is -1.61. The molecule has 22 heavy (non-hydrogen) atoms. The summed E-state index contributed by atoms with van der Waals surface area (Å²) >= 11 is 5.75. The van der Waals surface area contributed by atoms with E-state index in [1.165, 1.54) is 38.5 Å². The van der Waals surface area contributed by atoms with Gasteiger partial charge in [-0.25, -0.2) is 9.59 Å². The van der Waals surface area contributed by atoms with E-state index in [2.05, 4.69) is 14.8 Å². The maximum Gasteiger partial charge on any atom is 0.330 e. The number of benzene rings is 1. The molecule has 118 valence electrons. The molecule has 0 bridgehead atoms. The Morgan fingerprint density at radius 1 is 1.18 bits per heavy atom. The Hall–Kier alpha value is -2.34. The van der Waals surface area contributed by atoms with Crippen molar-refractivity contribution in [3.05, 3.63) is 47.0 Å². The van der Waals surface area contributed by atoms with Gasteiger partial charge in [-0.1, -0.05) is 17.7 Å². The molecule has 1 aromatic rings. The van der Waals surface area contributed by atoms with E-state index in [4.69, 9.17) is 11.6 Å². The first-order chi connectivity index (χ1) is 10.5. The van der Waals surface area contributed by atoms with Crippen LogP contribution in [0.15, 0.2) is 36.4 Å². The number of hydrogen-bond donors (Lipinski definition) is 1. The van der Waals surface area contributed by atoms with Crippen molar-refractivity contribution in [1.82, 2.24) is 5.32 Å². The Balaban J connectivity index is 2.74. The fourth-order valence-electron chi connectivity index (χ4n) is 1.57. The van der Waals surface area contributed by atoms with Crippen LogP contribution in [0, 0.1) is 0 Å². The molecule has 0 saturated heterocycles. The smallest absolute Gasteiger partial charge is 0.330 e. The van der Waals surface area contributed by atoms with Gasteiger partial charge in [0, 0.05) is 16.7 Å². The molecule has 0 spiro atoms. The zero-order valence-electron chi connectivity index (χ0n) is 12.2. The zero-order valence-corrected chi connectivity index (χ0v) is 12.9. The molecular formula is C15H16ClNO5. The highest BCUT2D eigenvalue weighted by Gasteiger charge is 2.21. The molecular weight excluding hydrogens is 310 g/mol. The van der Waals surface area contributed by atoms with Gasteiger partial charge < -0.3 is 14.8 Å². The highest BCUT2D eigenvalue weighted by molar-refractivity contribution is 6.30. The summed E-state index contributed by atoms with van der Waals surface area (Å²) in [6, 6.07) is 5.31. The Kier molecular flexibility index (Phi) is 7.12. The quantitative estimate of drug-likeness (QED) is 0.636. The molecule has 1 rings (SSSR count). The van der Waals surface area contributed by atoms with E-state index >= 15 is 0 Å². The molecule has 0 aliphatic carbocycles. The minimum Gasteiger partial charge on any atom is -0.467 e. The number of halogens is 1. The molecule has 0 radical (unpaired) electrons. The van der Waals surface area contributed by atoms with E-state index in [0.717, 1.165) is 0 Å². The van der Waals surface area contributed by atoms with Gasteiger partial charge in [0.25, 0.3) is 5.91 Å². The van der Waals surface area contributed by atoms with Gasteiger partial charge in [0.2, 0.25) is 0 Å². The number of hydrogen-bond acceptors (Lipinski definition) is 5. The zero-order chi connectivity index (χ0) is 16.5. The van der Waals surface area contributed by atoms with Crippen LogP contribution in [0.3, 0.4) is 0 Å². The van der Waals surface area contributed by atoms with Crippen molar-refractivity contribution in [3.63, 3.8) is 0 Å². The molecule has 0 heterocycles. The van der Waals surface area contributed by atoms with Crippen LogP contribution >= 0.6 is 11.6 Å². The van der Waals surface area contributed by atoms with Gasteiger partial charge in [-0.2, -0.15) is 0 Å². The largest absolute Gasteiger partial charge is 0.467 e. The number of rotatable bonds is 6. The Labute approximate surface area is 133 Å². The number of nitrogens with one attached hydrogen (secondary N) is 1. The second kappa shape index (κ2) is 8.84. The van der Waals surface area contributed by atoms with Crippen LogP contribution in [-0.2, 0) is 19.1 Å². The van der Waals surface area contributed by atoms with Crippen LogP contribution in [0.2, 0.25) is 5.02 Å². The fourth-order valence-corrected chi connectivity index (χ4v) is 1.69. The van der Waals surface area contributed by atoms with Crippen LogP contribution in [0.1, 0.15) is 16.8 Å². The third-order valence-electron chi connectivity index (χ3n) is 2.72. The normalized spacial score (nSPS) is 11.8. The van der Waals surface area contributed by atoms with Gasteiger partial charge in [-0.15, -0.1) is 0 Å². The Morgan fingerprint density at radius 3 is 2.36 bits per heavy atom. The summed E-state index contributed by atoms with van der Waals surface area (Å²) < 4.78 is 9.07. The summed E-state index contributed by atoms with van der Waals surface area (Å²) in [6.07, 6.45) is 2.70. The lowest BCUT2D eigenvalue weighted by Gasteiger charge is -2.14. The average Bonchev–Trinajstić information content (AvgIpc) is 2.53. The van der Waals surface area contributed by atoms with Gasteiger partial charge >= 0.3 is 11.9 Å². The monoisotopic (exact) mass is 325 g/mol. The maximum absolute atomic E-state index is 12.1.